The summed E-state index contributed by atoms with van der Waals surface area (Å²) in [5.74, 6) is -0.0137. The van der Waals surface area contributed by atoms with Crippen molar-refractivity contribution in [1.29, 1.82) is 0 Å². The molecule has 0 spiro atoms. The third-order valence-corrected chi connectivity index (χ3v) is 9.83. The summed E-state index contributed by atoms with van der Waals surface area (Å²) in [7, 11) is 0. The van der Waals surface area contributed by atoms with Crippen molar-refractivity contribution in [3.05, 3.63) is 107 Å². The number of fused-ring (bicyclic) bond motifs is 1. The van der Waals surface area contributed by atoms with E-state index in [1.54, 1.807) is 0 Å². The highest BCUT2D eigenvalue weighted by atomic mass is 16.6. The van der Waals surface area contributed by atoms with Crippen molar-refractivity contribution in [2.75, 3.05) is 0 Å². The number of rotatable bonds is 10. The molecule has 0 radical (unpaired) electrons. The zero-order chi connectivity index (χ0) is 33.0. The Kier molecular flexibility index (Phi) is 11.3. The van der Waals surface area contributed by atoms with Crippen molar-refractivity contribution in [3.8, 4) is 0 Å². The van der Waals surface area contributed by atoms with Crippen LogP contribution in [0.5, 0.6) is 0 Å². The summed E-state index contributed by atoms with van der Waals surface area (Å²) < 4.78 is 6.24. The Labute approximate surface area is 267 Å². The number of allylic oxidation sites excluding steroid dienone is 16. The molecule has 4 heteroatoms. The molecular formula is C40H58O4. The monoisotopic (exact) mass is 602 g/mol. The van der Waals surface area contributed by atoms with Crippen LogP contribution < -0.4 is 0 Å². The second-order valence-corrected chi connectivity index (χ2v) is 15.3. The Balaban J connectivity index is 1.50. The summed E-state index contributed by atoms with van der Waals surface area (Å²) in [6, 6.07) is 0. The molecule has 44 heavy (non-hydrogen) atoms. The van der Waals surface area contributed by atoms with Crippen LogP contribution in [0, 0.1) is 16.7 Å². The lowest BCUT2D eigenvalue weighted by molar-refractivity contribution is -0.111. The predicted octanol–water partition coefficient (Wildman–Crippen LogP) is 8.81. The van der Waals surface area contributed by atoms with Gasteiger partial charge in [0, 0.05) is 24.2 Å². The maximum Gasteiger partial charge on any atom is 0.121 e. The smallest absolute Gasteiger partial charge is 0.121 e. The molecule has 1 aliphatic heterocycles. The van der Waals surface area contributed by atoms with E-state index in [9.17, 15) is 15.3 Å². The van der Waals surface area contributed by atoms with Crippen molar-refractivity contribution in [3.63, 3.8) is 0 Å². The van der Waals surface area contributed by atoms with E-state index in [1.807, 2.05) is 19.1 Å². The number of aliphatic hydroxyl groups excluding tert-OH is 2. The van der Waals surface area contributed by atoms with Gasteiger partial charge in [-0.25, -0.2) is 0 Å². The van der Waals surface area contributed by atoms with Gasteiger partial charge in [-0.1, -0.05) is 129 Å². The quantitative estimate of drug-likeness (QED) is 0.173. The minimum atomic E-state index is -0.915. The first-order valence-corrected chi connectivity index (χ1v) is 16.2. The van der Waals surface area contributed by atoms with Crippen LogP contribution >= 0.6 is 0 Å². The second kappa shape index (κ2) is 13.9. The third-order valence-electron chi connectivity index (χ3n) is 9.83. The number of hydrogen-bond acceptors (Lipinski definition) is 4. The summed E-state index contributed by atoms with van der Waals surface area (Å²) in [4.78, 5) is 0. The molecule has 0 aromatic rings. The average molecular weight is 603 g/mol. The molecule has 3 N–H and O–H groups in total. The lowest BCUT2D eigenvalue weighted by Gasteiger charge is -2.48. The summed E-state index contributed by atoms with van der Waals surface area (Å²) in [5.41, 5.74) is 2.84. The van der Waals surface area contributed by atoms with Gasteiger partial charge in [0.2, 0.25) is 0 Å². The van der Waals surface area contributed by atoms with Crippen molar-refractivity contribution < 1.29 is 20.1 Å². The maximum atomic E-state index is 10.9. The van der Waals surface area contributed by atoms with Crippen molar-refractivity contribution in [2.24, 2.45) is 16.7 Å². The van der Waals surface area contributed by atoms with Crippen LogP contribution in [0.3, 0.4) is 0 Å². The van der Waals surface area contributed by atoms with E-state index in [-0.39, 0.29) is 34.1 Å². The molecule has 4 nitrogen and oxygen atoms in total. The fraction of sp³-hybridized carbons (Fsp3) is 0.550. The maximum absolute atomic E-state index is 10.9. The van der Waals surface area contributed by atoms with Crippen LogP contribution in [0.2, 0.25) is 0 Å². The van der Waals surface area contributed by atoms with Crippen LogP contribution in [0.25, 0.3) is 0 Å². The molecule has 6 atom stereocenters. The molecule has 0 bridgehead atoms. The van der Waals surface area contributed by atoms with E-state index in [4.69, 9.17) is 4.74 Å². The average Bonchev–Trinajstić information content (AvgIpc) is 3.49. The number of hydrogen-bond donors (Lipinski definition) is 3. The first-order valence-electron chi connectivity index (χ1n) is 16.2. The molecule has 3 fully saturated rings. The lowest BCUT2D eigenvalue weighted by atomic mass is 9.61. The molecule has 0 aromatic carbocycles. The van der Waals surface area contributed by atoms with Gasteiger partial charge in [-0.15, -0.1) is 0 Å². The molecule has 1 heterocycles. The lowest BCUT2D eigenvalue weighted by Crippen LogP contribution is -2.50. The van der Waals surface area contributed by atoms with E-state index in [1.165, 1.54) is 0 Å². The van der Waals surface area contributed by atoms with Gasteiger partial charge in [-0.3, -0.25) is 0 Å². The molecule has 3 rings (SSSR count). The molecule has 2 aliphatic carbocycles. The highest BCUT2D eigenvalue weighted by Crippen LogP contribution is 2.66. The molecule has 3 aliphatic rings. The normalized spacial score (nSPS) is 36.8. The van der Waals surface area contributed by atoms with Crippen LogP contribution in [0.1, 0.15) is 94.9 Å². The van der Waals surface area contributed by atoms with E-state index in [2.05, 4.69) is 135 Å². The van der Waals surface area contributed by atoms with E-state index < -0.39 is 11.7 Å². The van der Waals surface area contributed by atoms with Gasteiger partial charge in [-0.2, -0.15) is 0 Å². The predicted molar refractivity (Wildman–Crippen MR) is 185 cm³/mol. The topological polar surface area (TPSA) is 73.2 Å². The summed E-state index contributed by atoms with van der Waals surface area (Å²) in [6.45, 7) is 20.9. The van der Waals surface area contributed by atoms with E-state index in [0.29, 0.717) is 19.3 Å². The van der Waals surface area contributed by atoms with Gasteiger partial charge >= 0.3 is 0 Å². The molecule has 1 unspecified atom stereocenters. The molecule has 2 saturated carbocycles. The minimum absolute atomic E-state index is 0.0137. The van der Waals surface area contributed by atoms with Crippen molar-refractivity contribution >= 4 is 0 Å². The molecule has 0 aromatic heterocycles. The molecular weight excluding hydrogens is 544 g/mol. The molecule has 0 amide bonds. The summed E-state index contributed by atoms with van der Waals surface area (Å²) in [5, 5.41) is 31.3. The molecule has 1 saturated heterocycles. The van der Waals surface area contributed by atoms with Gasteiger partial charge in [0.25, 0.3) is 0 Å². The Hall–Kier alpha value is -2.50. The Bertz CT molecular complexity index is 1290. The Morgan fingerprint density at radius 3 is 1.61 bits per heavy atom. The zero-order valence-electron chi connectivity index (χ0n) is 28.9. The fourth-order valence-corrected chi connectivity index (χ4v) is 7.63. The first-order chi connectivity index (χ1) is 20.3. The van der Waals surface area contributed by atoms with Gasteiger partial charge in [0.1, 0.15) is 11.2 Å². The van der Waals surface area contributed by atoms with Crippen LogP contribution in [0.4, 0.5) is 0 Å². The van der Waals surface area contributed by atoms with Crippen LogP contribution in [-0.2, 0) is 4.74 Å². The van der Waals surface area contributed by atoms with Gasteiger partial charge in [0.05, 0.1) is 17.8 Å². The largest absolute Gasteiger partial charge is 0.393 e. The van der Waals surface area contributed by atoms with Gasteiger partial charge in [-0.05, 0) is 65.9 Å². The van der Waals surface area contributed by atoms with Crippen LogP contribution in [0.15, 0.2) is 107 Å². The number of aliphatic hydroxyl groups is 3. The number of ether oxygens (including phenoxy) is 1. The van der Waals surface area contributed by atoms with E-state index in [0.717, 1.165) is 28.7 Å². The Morgan fingerprint density at radius 1 is 0.614 bits per heavy atom. The fourth-order valence-electron chi connectivity index (χ4n) is 7.63. The molecule has 242 valence electrons. The highest BCUT2D eigenvalue weighted by molar-refractivity contribution is 5.37. The van der Waals surface area contributed by atoms with Crippen molar-refractivity contribution in [1.82, 2.24) is 0 Å². The third kappa shape index (κ3) is 8.81. The standard InChI is InChI=1S/C40H58O4/c1-29(17-13-19-31(3)21-22-35-36(5,6)25-33(41)27-38(35,9)43)15-11-12-16-30(2)18-14-20-32(4)23-24-40-37(7,8)26-34(42)28-39(40,10)44-40/h11-24,33-35,41-43H,25-28H2,1-10H3/b12-11+,17-13+,18-14+,22-21?,24-23+,29-15+,30-16+,31-19+,32-20-/t33-,34-,35?,38+,39+,40-/m0/s1. The van der Waals surface area contributed by atoms with Gasteiger partial charge in [0.15, 0.2) is 0 Å². The first kappa shape index (κ1) is 36.0. The number of epoxide rings is 1. The zero-order valence-corrected chi connectivity index (χ0v) is 28.9. The SMILES string of the molecule is CC(=C/C=C/C(C)=C/C=C/C=C(C)/C=C/C=C(\C)C=CC1C(C)(C)C[C@H](O)C[C@@]1(C)O)/C=C/[C@@]12O[C@]1(C)C[C@@H](O)CC2(C)C. The van der Waals surface area contributed by atoms with Gasteiger partial charge < -0.3 is 20.1 Å². The Morgan fingerprint density at radius 2 is 1.09 bits per heavy atom. The highest BCUT2D eigenvalue weighted by Gasteiger charge is 2.74. The minimum Gasteiger partial charge on any atom is -0.393 e. The summed E-state index contributed by atoms with van der Waals surface area (Å²) >= 11 is 0. The summed E-state index contributed by atoms with van der Waals surface area (Å²) in [6.07, 6.45) is 31.1. The van der Waals surface area contributed by atoms with Crippen LogP contribution in [-0.4, -0.2) is 44.3 Å². The van der Waals surface area contributed by atoms with E-state index >= 15 is 0 Å². The second-order valence-electron chi connectivity index (χ2n) is 15.3. The van der Waals surface area contributed by atoms with Crippen molar-refractivity contribution in [2.45, 2.75) is 124 Å².